The van der Waals surface area contributed by atoms with Crippen LogP contribution in [0.15, 0.2) is 21.5 Å². The molecule has 0 aromatic carbocycles. The van der Waals surface area contributed by atoms with Gasteiger partial charge in [0.15, 0.2) is 9.84 Å². The van der Waals surface area contributed by atoms with Crippen molar-refractivity contribution in [1.29, 1.82) is 5.26 Å². The van der Waals surface area contributed by atoms with Gasteiger partial charge >= 0.3 is 5.97 Å². The van der Waals surface area contributed by atoms with Gasteiger partial charge in [-0.1, -0.05) is 0 Å². The Kier molecular flexibility index (Phi) is 4.28. The van der Waals surface area contributed by atoms with Crippen molar-refractivity contribution in [1.82, 2.24) is 0 Å². The molecule has 0 fully saturated rings. The lowest BCUT2D eigenvalue weighted by Crippen LogP contribution is -1.98. The molecule has 1 aromatic heterocycles. The molecule has 0 amide bonds. The van der Waals surface area contributed by atoms with Gasteiger partial charge in [-0.25, -0.2) is 8.42 Å². The van der Waals surface area contributed by atoms with Gasteiger partial charge in [0.2, 0.25) is 0 Å². The molecule has 0 saturated carbocycles. The number of allylic oxidation sites excluding steroid dienone is 1. The predicted molar refractivity (Wildman–Crippen MR) is 62.6 cm³/mol. The number of carbonyl (C=O) groups excluding carboxylic acids is 1. The van der Waals surface area contributed by atoms with Gasteiger partial charge < -0.3 is 9.15 Å². The van der Waals surface area contributed by atoms with E-state index in [1.165, 1.54) is 19.1 Å². The lowest BCUT2D eigenvalue weighted by atomic mass is 10.4. The minimum Gasteiger partial charge on any atom is -0.458 e. The summed E-state index contributed by atoms with van der Waals surface area (Å²) < 4.78 is 32.3. The summed E-state index contributed by atoms with van der Waals surface area (Å²) in [7, 11) is -3.58. The van der Waals surface area contributed by atoms with Gasteiger partial charge in [-0.15, -0.1) is 0 Å². The molecule has 7 heteroatoms. The molecule has 0 atom stereocenters. The van der Waals surface area contributed by atoms with Gasteiger partial charge in [0.1, 0.15) is 29.1 Å². The molecule has 0 bridgehead atoms. The standard InChI is InChI=1S/C11H11NO5S/c1-8(13)16-7-10-4-3-9(17-10)5-11(6-12)18(2,14)15/h3-5H,7H2,1-2H3. The van der Waals surface area contributed by atoms with E-state index >= 15 is 0 Å². The maximum absolute atomic E-state index is 11.2. The van der Waals surface area contributed by atoms with Gasteiger partial charge in [-0.05, 0) is 12.1 Å². The molecule has 0 aliphatic carbocycles. The Balaban J connectivity index is 2.90. The number of hydrogen-bond acceptors (Lipinski definition) is 6. The van der Waals surface area contributed by atoms with E-state index in [2.05, 4.69) is 0 Å². The molecule has 18 heavy (non-hydrogen) atoms. The molecule has 0 radical (unpaired) electrons. The zero-order valence-electron chi connectivity index (χ0n) is 9.84. The van der Waals surface area contributed by atoms with Crippen molar-refractivity contribution in [3.63, 3.8) is 0 Å². The molecule has 1 aromatic rings. The molecule has 1 rings (SSSR count). The third kappa shape index (κ3) is 4.07. The van der Waals surface area contributed by atoms with Gasteiger partial charge in [-0.2, -0.15) is 5.26 Å². The second kappa shape index (κ2) is 5.51. The number of furan rings is 1. The highest BCUT2D eigenvalue weighted by Gasteiger charge is 2.12. The first-order valence-corrected chi connectivity index (χ1v) is 6.76. The van der Waals surface area contributed by atoms with Crippen molar-refractivity contribution in [3.05, 3.63) is 28.6 Å². The minimum absolute atomic E-state index is 0.0378. The summed E-state index contributed by atoms with van der Waals surface area (Å²) in [4.78, 5) is 10.2. The topological polar surface area (TPSA) is 97.4 Å². The van der Waals surface area contributed by atoms with Gasteiger partial charge in [0, 0.05) is 19.3 Å². The zero-order chi connectivity index (χ0) is 13.8. The molecule has 0 aliphatic rings. The molecule has 96 valence electrons. The summed E-state index contributed by atoms with van der Waals surface area (Å²) in [6, 6.07) is 4.60. The van der Waals surface area contributed by atoms with Gasteiger partial charge in [0.25, 0.3) is 0 Å². The Morgan fingerprint density at radius 3 is 2.72 bits per heavy atom. The van der Waals surface area contributed by atoms with Crippen molar-refractivity contribution < 1.29 is 22.4 Å². The molecule has 0 N–H and O–H groups in total. The normalized spacial score (nSPS) is 11.9. The Morgan fingerprint density at radius 2 is 2.22 bits per heavy atom. The van der Waals surface area contributed by atoms with Crippen LogP contribution in [-0.2, 0) is 26.0 Å². The predicted octanol–water partition coefficient (Wildman–Crippen LogP) is 1.25. The highest BCUT2D eigenvalue weighted by molar-refractivity contribution is 7.95. The Labute approximate surface area is 104 Å². The van der Waals surface area contributed by atoms with Crippen LogP contribution in [-0.4, -0.2) is 20.6 Å². The first-order chi connectivity index (χ1) is 8.32. The van der Waals surface area contributed by atoms with Crippen molar-refractivity contribution in [2.45, 2.75) is 13.5 Å². The number of ether oxygens (including phenoxy) is 1. The molecule has 0 unspecified atom stereocenters. The largest absolute Gasteiger partial charge is 0.458 e. The Hall–Kier alpha value is -2.07. The third-order valence-electron chi connectivity index (χ3n) is 1.88. The fourth-order valence-corrected chi connectivity index (χ4v) is 1.57. The van der Waals surface area contributed by atoms with Crippen LogP contribution in [0.4, 0.5) is 0 Å². The first-order valence-electron chi connectivity index (χ1n) is 4.87. The van der Waals surface area contributed by atoms with Gasteiger partial charge in [-0.3, -0.25) is 4.79 Å². The summed E-state index contributed by atoms with van der Waals surface area (Å²) in [5.41, 5.74) is 0. The number of rotatable bonds is 4. The third-order valence-corrected chi connectivity index (χ3v) is 2.89. The van der Waals surface area contributed by atoms with Crippen LogP contribution in [0.5, 0.6) is 0 Å². The maximum atomic E-state index is 11.2. The second-order valence-electron chi connectivity index (χ2n) is 3.48. The van der Waals surface area contributed by atoms with E-state index in [1.54, 1.807) is 6.07 Å². The van der Waals surface area contributed by atoms with Crippen LogP contribution < -0.4 is 0 Å². The molecular weight excluding hydrogens is 258 g/mol. The van der Waals surface area contributed by atoms with Crippen LogP contribution in [0.1, 0.15) is 18.4 Å². The van der Waals surface area contributed by atoms with Crippen LogP contribution in [0, 0.1) is 11.3 Å². The monoisotopic (exact) mass is 269 g/mol. The van der Waals surface area contributed by atoms with Crippen LogP contribution in [0.3, 0.4) is 0 Å². The van der Waals surface area contributed by atoms with E-state index in [9.17, 15) is 13.2 Å². The molecular formula is C11H11NO5S. The number of nitriles is 1. The second-order valence-corrected chi connectivity index (χ2v) is 5.46. The van der Waals surface area contributed by atoms with Crippen molar-refractivity contribution in [2.24, 2.45) is 0 Å². The van der Waals surface area contributed by atoms with Crippen LogP contribution >= 0.6 is 0 Å². The average molecular weight is 269 g/mol. The summed E-state index contributed by atoms with van der Waals surface area (Å²) in [5, 5.41) is 8.70. The van der Waals surface area contributed by atoms with E-state index in [-0.39, 0.29) is 12.4 Å². The number of carbonyl (C=O) groups is 1. The van der Waals surface area contributed by atoms with E-state index in [0.717, 1.165) is 12.3 Å². The quantitative estimate of drug-likeness (QED) is 0.602. The van der Waals surface area contributed by atoms with Crippen molar-refractivity contribution in [3.8, 4) is 6.07 Å². The Bertz CT molecular complexity index is 618. The zero-order valence-corrected chi connectivity index (χ0v) is 10.7. The summed E-state index contributed by atoms with van der Waals surface area (Å²) in [6.07, 6.45) is 2.05. The SMILES string of the molecule is CC(=O)OCc1ccc(C=C(C#N)S(C)(=O)=O)o1. The molecule has 0 saturated heterocycles. The van der Waals surface area contributed by atoms with E-state index < -0.39 is 20.7 Å². The fourth-order valence-electron chi connectivity index (χ4n) is 1.07. The van der Waals surface area contributed by atoms with E-state index in [1.807, 2.05) is 0 Å². The summed E-state index contributed by atoms with van der Waals surface area (Å²) in [5.74, 6) is 0.124. The molecule has 0 aliphatic heterocycles. The van der Waals surface area contributed by atoms with Crippen LogP contribution in [0.2, 0.25) is 0 Å². The van der Waals surface area contributed by atoms with Crippen molar-refractivity contribution in [2.75, 3.05) is 6.26 Å². The summed E-state index contributed by atoms with van der Waals surface area (Å²) >= 11 is 0. The maximum Gasteiger partial charge on any atom is 0.303 e. The van der Waals surface area contributed by atoms with Crippen molar-refractivity contribution >= 4 is 21.9 Å². The highest BCUT2D eigenvalue weighted by atomic mass is 32.2. The molecule has 1 heterocycles. The van der Waals surface area contributed by atoms with E-state index in [0.29, 0.717) is 5.76 Å². The van der Waals surface area contributed by atoms with E-state index in [4.69, 9.17) is 14.4 Å². The highest BCUT2D eigenvalue weighted by Crippen LogP contribution is 2.15. The van der Waals surface area contributed by atoms with Gasteiger partial charge in [0.05, 0.1) is 0 Å². The number of sulfone groups is 1. The number of nitrogens with zero attached hydrogens (tertiary/aromatic N) is 1. The minimum atomic E-state index is -3.58. The number of hydrogen-bond donors (Lipinski definition) is 0. The number of esters is 1. The average Bonchev–Trinajstić information content (AvgIpc) is 2.69. The summed E-state index contributed by atoms with van der Waals surface area (Å²) in [6.45, 7) is 1.23. The first kappa shape index (κ1) is 14.0. The lowest BCUT2D eigenvalue weighted by Gasteiger charge is -1.97. The Morgan fingerprint density at radius 1 is 1.56 bits per heavy atom. The molecule has 6 nitrogen and oxygen atoms in total. The fraction of sp³-hybridized carbons (Fsp3) is 0.273. The lowest BCUT2D eigenvalue weighted by molar-refractivity contribution is -0.142. The molecule has 0 spiro atoms. The van der Waals surface area contributed by atoms with Crippen LogP contribution in [0.25, 0.3) is 6.08 Å². The smallest absolute Gasteiger partial charge is 0.303 e.